The summed E-state index contributed by atoms with van der Waals surface area (Å²) in [6.07, 6.45) is 4.81. The zero-order chi connectivity index (χ0) is 29.4. The number of nitrogens with zero attached hydrogens (tertiary/aromatic N) is 3. The first kappa shape index (κ1) is 29.7. The number of halogens is 1. The number of nitrogens with one attached hydrogen (secondary N) is 1. The molecule has 0 radical (unpaired) electrons. The molecule has 1 aliphatic carbocycles. The number of benzene rings is 1. The molecule has 1 saturated heterocycles. The number of hydrogen-bond acceptors (Lipinski definition) is 8. The van der Waals surface area contributed by atoms with Crippen molar-refractivity contribution in [2.75, 3.05) is 30.0 Å². The number of aliphatic carboxylic acids is 1. The van der Waals surface area contributed by atoms with Gasteiger partial charge in [0.25, 0.3) is 0 Å². The third-order valence-corrected chi connectivity index (χ3v) is 7.58. The lowest BCUT2D eigenvalue weighted by atomic mass is 10.1. The minimum atomic E-state index is -1.36. The summed E-state index contributed by atoms with van der Waals surface area (Å²) in [4.78, 5) is 51.3. The molecule has 40 heavy (non-hydrogen) atoms. The maximum absolute atomic E-state index is 15.5. The Bertz CT molecular complexity index is 1370. The average Bonchev–Trinajstić information content (AvgIpc) is 3.59. The monoisotopic (exact) mass is 578 g/mol. The number of carboxylic acid groups (broad SMARTS) is 2. The van der Waals surface area contributed by atoms with Crippen LogP contribution in [0.4, 0.5) is 14.9 Å². The minimum absolute atomic E-state index is 0.000982. The molecule has 3 N–H and O–H groups in total. The van der Waals surface area contributed by atoms with Gasteiger partial charge in [-0.2, -0.15) is 11.8 Å². The second-order valence-corrected chi connectivity index (χ2v) is 12.2. The van der Waals surface area contributed by atoms with Crippen molar-refractivity contribution >= 4 is 46.4 Å². The lowest BCUT2D eigenvalue weighted by Gasteiger charge is -2.34. The molecule has 1 aromatic carbocycles. The molecule has 2 aromatic rings. The molecular weight excluding hydrogens is 543 g/mol. The predicted octanol–water partition coefficient (Wildman–Crippen LogP) is 3.70. The van der Waals surface area contributed by atoms with Crippen LogP contribution in [0.2, 0.25) is 0 Å². The van der Waals surface area contributed by atoms with Crippen LogP contribution in [0.5, 0.6) is 0 Å². The van der Waals surface area contributed by atoms with E-state index in [9.17, 15) is 29.4 Å². The summed E-state index contributed by atoms with van der Waals surface area (Å²) >= 11 is 1.49. The molecule has 218 valence electrons. The van der Waals surface area contributed by atoms with Gasteiger partial charge < -0.3 is 24.4 Å². The zero-order valence-corrected chi connectivity index (χ0v) is 23.8. The fourth-order valence-electron chi connectivity index (χ4n) is 4.84. The number of thioether (sulfide) groups is 1. The number of carbonyl (C=O) groups excluding carboxylic acids is 1. The molecule has 0 spiro atoms. The Balaban J connectivity index is 1.66. The fourth-order valence-corrected chi connectivity index (χ4v) is 5.32. The SMILES string of the molecule is CSCC[C@H](NN(C(=O)OC(C)(C)C)C1CCN(c2cc3c(cc2F)c(=O)c(C(=O)O)cn3C2CC2)C1)C(=O)O. The Labute approximate surface area is 235 Å². The van der Waals surface area contributed by atoms with Crippen molar-refractivity contribution in [1.82, 2.24) is 15.0 Å². The largest absolute Gasteiger partial charge is 0.480 e. The van der Waals surface area contributed by atoms with Gasteiger partial charge in [-0.25, -0.2) is 24.4 Å². The quantitative estimate of drug-likeness (QED) is 0.357. The number of carboxylic acids is 2. The number of hydrogen-bond donors (Lipinski definition) is 3. The van der Waals surface area contributed by atoms with Crippen LogP contribution in [0.1, 0.15) is 62.9 Å². The number of anilines is 1. The first-order valence-electron chi connectivity index (χ1n) is 13.2. The molecule has 13 heteroatoms. The Morgan fingerprint density at radius 1 is 1.23 bits per heavy atom. The summed E-state index contributed by atoms with van der Waals surface area (Å²) in [6.45, 7) is 5.69. The Hall–Kier alpha value is -3.32. The third-order valence-electron chi connectivity index (χ3n) is 6.93. The summed E-state index contributed by atoms with van der Waals surface area (Å²) in [7, 11) is 0. The van der Waals surface area contributed by atoms with Crippen LogP contribution in [-0.4, -0.2) is 80.6 Å². The lowest BCUT2D eigenvalue weighted by Crippen LogP contribution is -2.57. The smallest absolute Gasteiger partial charge is 0.425 e. The van der Waals surface area contributed by atoms with E-state index >= 15 is 4.39 Å². The summed E-state index contributed by atoms with van der Waals surface area (Å²) in [5.41, 5.74) is 1.55. The second kappa shape index (κ2) is 11.7. The normalized spacial score (nSPS) is 18.1. The molecule has 1 amide bonds. The molecule has 0 bridgehead atoms. The van der Waals surface area contributed by atoms with Crippen molar-refractivity contribution in [1.29, 1.82) is 0 Å². The number of fused-ring (bicyclic) bond motifs is 1. The van der Waals surface area contributed by atoms with Crippen molar-refractivity contribution < 1.29 is 33.7 Å². The van der Waals surface area contributed by atoms with Gasteiger partial charge in [0.15, 0.2) is 0 Å². The van der Waals surface area contributed by atoms with E-state index in [4.69, 9.17) is 4.74 Å². The molecule has 1 aliphatic heterocycles. The number of aromatic nitrogens is 1. The number of carbonyl (C=O) groups is 3. The molecule has 2 fully saturated rings. The lowest BCUT2D eigenvalue weighted by molar-refractivity contribution is -0.141. The Morgan fingerprint density at radius 3 is 2.50 bits per heavy atom. The van der Waals surface area contributed by atoms with Crippen LogP contribution < -0.4 is 15.8 Å². The van der Waals surface area contributed by atoms with Gasteiger partial charge in [0, 0.05) is 30.7 Å². The fraction of sp³-hybridized carbons (Fsp3) is 0.556. The molecular formula is C27H35FN4O7S. The van der Waals surface area contributed by atoms with Crippen LogP contribution in [0.15, 0.2) is 23.1 Å². The summed E-state index contributed by atoms with van der Waals surface area (Å²) < 4.78 is 22.7. The number of rotatable bonds is 10. The first-order valence-corrected chi connectivity index (χ1v) is 14.6. The van der Waals surface area contributed by atoms with E-state index in [1.807, 2.05) is 6.26 Å². The highest BCUT2D eigenvalue weighted by molar-refractivity contribution is 7.98. The summed E-state index contributed by atoms with van der Waals surface area (Å²) in [5.74, 6) is -2.58. The first-order chi connectivity index (χ1) is 18.8. The van der Waals surface area contributed by atoms with E-state index in [-0.39, 0.29) is 30.1 Å². The topological polar surface area (TPSA) is 141 Å². The van der Waals surface area contributed by atoms with Gasteiger partial charge in [-0.1, -0.05) is 0 Å². The van der Waals surface area contributed by atoms with Crippen molar-refractivity contribution in [3.8, 4) is 0 Å². The standard InChI is InChI=1S/C27H35FN4O7S/c1-27(2,3)39-26(38)32(29-20(25(36)37)8-10-40-4)16-7-9-30(13-16)22-12-21-17(11-19(22)28)23(33)18(24(34)35)14-31(21)15-5-6-15/h11-12,14-16,20,29H,5-10,13H2,1-4H3,(H,34,35)(H,36,37)/t16?,20-/m0/s1. The van der Waals surface area contributed by atoms with E-state index in [1.165, 1.54) is 23.0 Å². The van der Waals surface area contributed by atoms with Crippen LogP contribution in [-0.2, 0) is 9.53 Å². The van der Waals surface area contributed by atoms with E-state index in [1.54, 1.807) is 36.3 Å². The maximum Gasteiger partial charge on any atom is 0.425 e. The highest BCUT2D eigenvalue weighted by Crippen LogP contribution is 2.38. The van der Waals surface area contributed by atoms with Crippen molar-refractivity contribution in [2.24, 2.45) is 0 Å². The van der Waals surface area contributed by atoms with Crippen molar-refractivity contribution in [3.05, 3.63) is 39.9 Å². The minimum Gasteiger partial charge on any atom is -0.480 e. The number of ether oxygens (including phenoxy) is 1. The second-order valence-electron chi connectivity index (χ2n) is 11.2. The molecule has 11 nitrogen and oxygen atoms in total. The van der Waals surface area contributed by atoms with Gasteiger partial charge >= 0.3 is 18.0 Å². The molecule has 2 heterocycles. The number of amides is 1. The van der Waals surface area contributed by atoms with Crippen LogP contribution in [0, 0.1) is 5.82 Å². The van der Waals surface area contributed by atoms with Crippen LogP contribution in [0.3, 0.4) is 0 Å². The van der Waals surface area contributed by atoms with E-state index < -0.39 is 52.5 Å². The van der Waals surface area contributed by atoms with Gasteiger partial charge in [0.1, 0.15) is 23.0 Å². The maximum atomic E-state index is 15.5. The highest BCUT2D eigenvalue weighted by Gasteiger charge is 2.37. The van der Waals surface area contributed by atoms with E-state index in [0.29, 0.717) is 24.2 Å². The van der Waals surface area contributed by atoms with E-state index in [2.05, 4.69) is 5.43 Å². The van der Waals surface area contributed by atoms with E-state index in [0.717, 1.165) is 18.9 Å². The van der Waals surface area contributed by atoms with Crippen LogP contribution in [0.25, 0.3) is 10.9 Å². The Kier molecular flexibility index (Phi) is 8.64. The van der Waals surface area contributed by atoms with Crippen molar-refractivity contribution in [2.45, 2.75) is 70.2 Å². The number of aromatic carboxylic acids is 1. The van der Waals surface area contributed by atoms with Gasteiger partial charge in [0.05, 0.1) is 17.2 Å². The average molecular weight is 579 g/mol. The van der Waals surface area contributed by atoms with Gasteiger partial charge in [-0.15, -0.1) is 0 Å². The summed E-state index contributed by atoms with van der Waals surface area (Å²) in [5, 5.41) is 20.4. The zero-order valence-electron chi connectivity index (χ0n) is 23.0. The van der Waals surface area contributed by atoms with Gasteiger partial charge in [-0.3, -0.25) is 9.59 Å². The number of pyridine rings is 1. The molecule has 2 atom stereocenters. The third kappa shape index (κ3) is 6.52. The Morgan fingerprint density at radius 2 is 1.93 bits per heavy atom. The summed E-state index contributed by atoms with van der Waals surface area (Å²) in [6, 6.07) is 1.12. The van der Waals surface area contributed by atoms with Crippen LogP contribution >= 0.6 is 11.8 Å². The van der Waals surface area contributed by atoms with Crippen molar-refractivity contribution in [3.63, 3.8) is 0 Å². The predicted molar refractivity (Wildman–Crippen MR) is 150 cm³/mol. The molecule has 1 unspecified atom stereocenters. The molecule has 4 rings (SSSR count). The number of hydrazine groups is 1. The van der Waals surface area contributed by atoms with Gasteiger partial charge in [-0.05, 0) is 70.6 Å². The molecule has 1 aromatic heterocycles. The highest BCUT2D eigenvalue weighted by atomic mass is 32.2. The van der Waals surface area contributed by atoms with Gasteiger partial charge in [0.2, 0.25) is 5.43 Å². The molecule has 2 aliphatic rings. The molecule has 1 saturated carbocycles.